The van der Waals surface area contributed by atoms with E-state index >= 15 is 0 Å². The minimum Gasteiger partial charge on any atom is -0.496 e. The van der Waals surface area contributed by atoms with E-state index in [1.54, 1.807) is 13.2 Å². The molecule has 1 N–H and O–H groups in total. The van der Waals surface area contributed by atoms with E-state index in [2.05, 4.69) is 5.32 Å². The first kappa shape index (κ1) is 13.3. The number of rotatable bonds is 2. The van der Waals surface area contributed by atoms with Crippen LogP contribution in [0.1, 0.15) is 24.3 Å². The van der Waals surface area contributed by atoms with E-state index in [-0.39, 0.29) is 18.2 Å². The maximum Gasteiger partial charge on any atom is 0.130 e. The maximum atomic E-state index is 13.7. The topological polar surface area (TPSA) is 21.3 Å². The fourth-order valence-electron chi connectivity index (χ4n) is 2.20. The highest BCUT2D eigenvalue weighted by Crippen LogP contribution is 2.34. The van der Waals surface area contributed by atoms with Gasteiger partial charge in [-0.1, -0.05) is 6.07 Å². The van der Waals surface area contributed by atoms with Crippen LogP contribution in [0.4, 0.5) is 4.39 Å². The van der Waals surface area contributed by atoms with Gasteiger partial charge in [-0.3, -0.25) is 0 Å². The van der Waals surface area contributed by atoms with Gasteiger partial charge in [0.05, 0.1) is 7.11 Å². The summed E-state index contributed by atoms with van der Waals surface area (Å²) in [5, 5.41) is 3.28. The molecule has 1 saturated heterocycles. The van der Waals surface area contributed by atoms with Crippen molar-refractivity contribution in [1.82, 2.24) is 5.32 Å². The summed E-state index contributed by atoms with van der Waals surface area (Å²) in [5.74, 6) is 0.838. The van der Waals surface area contributed by atoms with E-state index in [4.69, 9.17) is 4.74 Å². The molecule has 1 aromatic carbocycles. The molecule has 4 heteroatoms. The summed E-state index contributed by atoms with van der Waals surface area (Å²) in [4.78, 5) is 0. The summed E-state index contributed by atoms with van der Waals surface area (Å²) in [5.41, 5.74) is 0.751. The molecule has 0 atom stereocenters. The number of benzene rings is 1. The highest BCUT2D eigenvalue weighted by atomic mass is 35.5. The zero-order valence-corrected chi connectivity index (χ0v) is 10.1. The van der Waals surface area contributed by atoms with E-state index in [1.165, 1.54) is 6.07 Å². The third-order valence-electron chi connectivity index (χ3n) is 2.98. The van der Waals surface area contributed by atoms with E-state index in [0.29, 0.717) is 11.7 Å². The zero-order valence-electron chi connectivity index (χ0n) is 9.33. The van der Waals surface area contributed by atoms with Gasteiger partial charge in [-0.2, -0.15) is 0 Å². The SMILES string of the molecule is COc1cccc(F)c1C1CCNCC1.Cl. The standard InChI is InChI=1S/C12H16FNO.ClH/c1-15-11-4-2-3-10(13)12(11)9-5-7-14-8-6-9;/h2-4,9,14H,5-8H2,1H3;1H. The molecule has 0 aliphatic carbocycles. The fourth-order valence-corrected chi connectivity index (χ4v) is 2.20. The Kier molecular flexibility index (Phi) is 5.03. The van der Waals surface area contributed by atoms with Crippen molar-refractivity contribution in [3.05, 3.63) is 29.6 Å². The van der Waals surface area contributed by atoms with Gasteiger partial charge in [0.2, 0.25) is 0 Å². The van der Waals surface area contributed by atoms with Crippen LogP contribution in [0.3, 0.4) is 0 Å². The minimum absolute atomic E-state index is 0. The van der Waals surface area contributed by atoms with Crippen molar-refractivity contribution < 1.29 is 9.13 Å². The van der Waals surface area contributed by atoms with Crippen molar-refractivity contribution in [3.63, 3.8) is 0 Å². The predicted octanol–water partition coefficient (Wildman–Crippen LogP) is 2.72. The number of methoxy groups -OCH3 is 1. The number of halogens is 2. The molecular weight excluding hydrogens is 229 g/mol. The molecule has 0 unspecified atom stereocenters. The minimum atomic E-state index is -0.138. The van der Waals surface area contributed by atoms with Gasteiger partial charge in [0, 0.05) is 5.56 Å². The van der Waals surface area contributed by atoms with Gasteiger partial charge in [-0.25, -0.2) is 4.39 Å². The lowest BCUT2D eigenvalue weighted by Gasteiger charge is -2.24. The average Bonchev–Trinajstić information content (AvgIpc) is 2.29. The van der Waals surface area contributed by atoms with Crippen molar-refractivity contribution in [2.45, 2.75) is 18.8 Å². The van der Waals surface area contributed by atoms with Gasteiger partial charge in [0.1, 0.15) is 11.6 Å². The fraction of sp³-hybridized carbons (Fsp3) is 0.500. The van der Waals surface area contributed by atoms with Gasteiger partial charge < -0.3 is 10.1 Å². The van der Waals surface area contributed by atoms with Crippen LogP contribution in [-0.2, 0) is 0 Å². The molecule has 1 aliphatic rings. The first-order valence-corrected chi connectivity index (χ1v) is 5.36. The Morgan fingerprint density at radius 1 is 1.31 bits per heavy atom. The van der Waals surface area contributed by atoms with Crippen molar-refractivity contribution >= 4 is 12.4 Å². The summed E-state index contributed by atoms with van der Waals surface area (Å²) < 4.78 is 18.9. The predicted molar refractivity (Wildman–Crippen MR) is 65.0 cm³/mol. The average molecular weight is 246 g/mol. The summed E-state index contributed by atoms with van der Waals surface area (Å²) in [7, 11) is 1.60. The lowest BCUT2D eigenvalue weighted by molar-refractivity contribution is 0.381. The molecule has 0 saturated carbocycles. The first-order valence-electron chi connectivity index (χ1n) is 5.36. The van der Waals surface area contributed by atoms with E-state index < -0.39 is 0 Å². The van der Waals surface area contributed by atoms with E-state index in [0.717, 1.165) is 31.5 Å². The lowest BCUT2D eigenvalue weighted by atomic mass is 9.89. The molecular formula is C12H17ClFNO. The summed E-state index contributed by atoms with van der Waals surface area (Å²) in [6, 6.07) is 5.04. The van der Waals surface area contributed by atoms with Crippen molar-refractivity contribution in [3.8, 4) is 5.75 Å². The van der Waals surface area contributed by atoms with Gasteiger partial charge in [0.25, 0.3) is 0 Å². The number of hydrogen-bond donors (Lipinski definition) is 1. The van der Waals surface area contributed by atoms with E-state index in [9.17, 15) is 4.39 Å². The molecule has 0 spiro atoms. The van der Waals surface area contributed by atoms with Crippen LogP contribution in [0.15, 0.2) is 18.2 Å². The van der Waals surface area contributed by atoms with Gasteiger partial charge in [0.15, 0.2) is 0 Å². The van der Waals surface area contributed by atoms with Gasteiger partial charge in [-0.05, 0) is 44.0 Å². The number of hydrogen-bond acceptors (Lipinski definition) is 2. The van der Waals surface area contributed by atoms with Crippen LogP contribution in [0.5, 0.6) is 5.75 Å². The van der Waals surface area contributed by atoms with Crippen LogP contribution in [0.2, 0.25) is 0 Å². The summed E-state index contributed by atoms with van der Waals surface area (Å²) >= 11 is 0. The Morgan fingerprint density at radius 2 is 2.00 bits per heavy atom. The third kappa shape index (κ3) is 2.66. The zero-order chi connectivity index (χ0) is 10.7. The molecule has 0 aromatic heterocycles. The van der Waals surface area contributed by atoms with Crippen LogP contribution in [0, 0.1) is 5.82 Å². The Labute approximate surface area is 102 Å². The number of ether oxygens (including phenoxy) is 1. The normalized spacial score (nSPS) is 16.6. The Balaban J connectivity index is 0.00000128. The van der Waals surface area contributed by atoms with Crippen molar-refractivity contribution in [2.75, 3.05) is 20.2 Å². The van der Waals surface area contributed by atoms with Crippen LogP contribution >= 0.6 is 12.4 Å². The van der Waals surface area contributed by atoms with Crippen molar-refractivity contribution in [1.29, 1.82) is 0 Å². The van der Waals surface area contributed by atoms with Gasteiger partial charge >= 0.3 is 0 Å². The highest BCUT2D eigenvalue weighted by molar-refractivity contribution is 5.85. The second-order valence-corrected chi connectivity index (χ2v) is 3.88. The molecule has 0 bridgehead atoms. The Hall–Kier alpha value is -0.800. The monoisotopic (exact) mass is 245 g/mol. The molecule has 1 fully saturated rings. The van der Waals surface area contributed by atoms with Crippen LogP contribution < -0.4 is 10.1 Å². The summed E-state index contributed by atoms with van der Waals surface area (Å²) in [6.07, 6.45) is 1.97. The molecule has 2 rings (SSSR count). The number of piperidine rings is 1. The second-order valence-electron chi connectivity index (χ2n) is 3.88. The van der Waals surface area contributed by atoms with Crippen LogP contribution in [-0.4, -0.2) is 20.2 Å². The highest BCUT2D eigenvalue weighted by Gasteiger charge is 2.21. The molecule has 1 aliphatic heterocycles. The molecule has 1 heterocycles. The van der Waals surface area contributed by atoms with E-state index in [1.807, 2.05) is 6.07 Å². The lowest BCUT2D eigenvalue weighted by Crippen LogP contribution is -2.27. The largest absolute Gasteiger partial charge is 0.496 e. The Morgan fingerprint density at radius 3 is 2.62 bits per heavy atom. The smallest absolute Gasteiger partial charge is 0.130 e. The molecule has 1 aromatic rings. The Bertz CT molecular complexity index is 340. The molecule has 16 heavy (non-hydrogen) atoms. The first-order chi connectivity index (χ1) is 7.33. The molecule has 0 radical (unpaired) electrons. The quantitative estimate of drug-likeness (QED) is 0.865. The third-order valence-corrected chi connectivity index (χ3v) is 2.98. The van der Waals surface area contributed by atoms with Crippen molar-refractivity contribution in [2.24, 2.45) is 0 Å². The van der Waals surface area contributed by atoms with Crippen LogP contribution in [0.25, 0.3) is 0 Å². The summed E-state index contributed by atoms with van der Waals surface area (Å²) in [6.45, 7) is 1.92. The molecule has 2 nitrogen and oxygen atoms in total. The molecule has 90 valence electrons. The maximum absolute atomic E-state index is 13.7. The second kappa shape index (κ2) is 6.06. The number of nitrogens with one attached hydrogen (secondary N) is 1. The van der Waals surface area contributed by atoms with Gasteiger partial charge in [-0.15, -0.1) is 12.4 Å². The molecule has 0 amide bonds.